The molecule has 0 bridgehead atoms. The van der Waals surface area contributed by atoms with Crippen molar-refractivity contribution in [2.24, 2.45) is 0 Å². The highest BCUT2D eigenvalue weighted by atomic mass is 79.9. The number of ketones is 1. The van der Waals surface area contributed by atoms with E-state index in [-0.39, 0.29) is 11.8 Å². The number of carbonyl (C=O) groups excluding carboxylic acids is 1. The van der Waals surface area contributed by atoms with Gasteiger partial charge in [0, 0.05) is 15.4 Å². The first-order valence-corrected chi connectivity index (χ1v) is 8.12. The second-order valence-corrected chi connectivity index (χ2v) is 6.64. The maximum atomic E-state index is 12.0. The summed E-state index contributed by atoms with van der Waals surface area (Å²) in [5.41, 5.74) is 0. The average molecular weight is 354 g/mol. The molecule has 0 atom stereocenters. The Morgan fingerprint density at radius 2 is 2.05 bits per heavy atom. The van der Waals surface area contributed by atoms with Crippen LogP contribution in [0.1, 0.15) is 25.7 Å². The van der Waals surface area contributed by atoms with E-state index in [0.717, 1.165) is 15.2 Å². The van der Waals surface area contributed by atoms with E-state index in [9.17, 15) is 4.79 Å². The molecule has 0 fully saturated rings. The van der Waals surface area contributed by atoms with Gasteiger partial charge in [0.05, 0.1) is 12.2 Å². The molecule has 6 heteroatoms. The Kier molecular flexibility index (Phi) is 5.37. The number of rotatable bonds is 6. The van der Waals surface area contributed by atoms with Crippen molar-refractivity contribution in [2.75, 3.05) is 5.75 Å². The number of hydrogen-bond donors (Lipinski definition) is 0. The molecule has 2 rings (SSSR count). The van der Waals surface area contributed by atoms with Crippen molar-refractivity contribution >= 4 is 33.5 Å². The lowest BCUT2D eigenvalue weighted by atomic mass is 10.3. The second kappa shape index (κ2) is 7.04. The lowest BCUT2D eigenvalue weighted by molar-refractivity contribution is -0.116. The highest BCUT2D eigenvalue weighted by molar-refractivity contribution is 9.10. The smallest absolute Gasteiger partial charge is 0.150 e. The van der Waals surface area contributed by atoms with E-state index in [2.05, 4.69) is 26.0 Å². The van der Waals surface area contributed by atoms with Gasteiger partial charge in [0.25, 0.3) is 0 Å². The van der Waals surface area contributed by atoms with E-state index in [4.69, 9.17) is 0 Å². The Labute approximate surface area is 131 Å². The van der Waals surface area contributed by atoms with Crippen molar-refractivity contribution in [3.8, 4) is 0 Å². The second-order valence-electron chi connectivity index (χ2n) is 4.67. The summed E-state index contributed by atoms with van der Waals surface area (Å²) in [4.78, 5) is 17.3. The summed E-state index contributed by atoms with van der Waals surface area (Å²) in [6, 6.07) is 8.17. The average Bonchev–Trinajstić information content (AvgIpc) is 2.86. The first-order valence-electron chi connectivity index (χ1n) is 6.34. The van der Waals surface area contributed by atoms with Crippen molar-refractivity contribution in [3.63, 3.8) is 0 Å². The van der Waals surface area contributed by atoms with Gasteiger partial charge in [0.15, 0.2) is 5.78 Å². The molecule has 0 saturated heterocycles. The Hall–Kier alpha value is -1.14. The third-order valence-electron chi connectivity index (χ3n) is 2.71. The van der Waals surface area contributed by atoms with Gasteiger partial charge in [-0.15, -0.1) is 11.8 Å². The minimum absolute atomic E-state index is 0.160. The Morgan fingerprint density at radius 3 is 2.70 bits per heavy atom. The molecular formula is C14H16BrN3OS. The molecule has 1 heterocycles. The van der Waals surface area contributed by atoms with Crippen LogP contribution in [0.4, 0.5) is 0 Å². The predicted octanol–water partition coefficient (Wildman–Crippen LogP) is 3.53. The van der Waals surface area contributed by atoms with Gasteiger partial charge in [-0.05, 0) is 38.1 Å². The molecule has 0 spiro atoms. The predicted molar refractivity (Wildman–Crippen MR) is 84.0 cm³/mol. The van der Waals surface area contributed by atoms with E-state index in [1.165, 1.54) is 6.33 Å². The maximum Gasteiger partial charge on any atom is 0.150 e. The van der Waals surface area contributed by atoms with Crippen LogP contribution in [0.2, 0.25) is 0 Å². The van der Waals surface area contributed by atoms with E-state index >= 15 is 0 Å². The summed E-state index contributed by atoms with van der Waals surface area (Å²) in [5.74, 6) is 1.35. The first kappa shape index (κ1) is 15.3. The zero-order valence-corrected chi connectivity index (χ0v) is 13.8. The van der Waals surface area contributed by atoms with Gasteiger partial charge < -0.3 is 0 Å². The lowest BCUT2D eigenvalue weighted by Gasteiger charge is -2.08. The summed E-state index contributed by atoms with van der Waals surface area (Å²) >= 11 is 4.94. The van der Waals surface area contributed by atoms with Crippen molar-refractivity contribution < 1.29 is 4.79 Å². The van der Waals surface area contributed by atoms with Crippen LogP contribution in [0.15, 0.2) is 40.0 Å². The van der Waals surface area contributed by atoms with Crippen LogP contribution in [0.5, 0.6) is 0 Å². The Morgan fingerprint density at radius 1 is 1.35 bits per heavy atom. The standard InChI is InChI=1S/C14H16BrN3OS/c1-10(2)18-14(16-9-17-18)7-12(19)8-20-13-5-3-11(15)4-6-13/h3-6,9-10H,7-8H2,1-2H3. The number of Topliss-reactive ketones (excluding diaryl/α,β-unsaturated/α-hetero) is 1. The Bertz CT molecular complexity index is 580. The molecule has 20 heavy (non-hydrogen) atoms. The van der Waals surface area contributed by atoms with Crippen LogP contribution in [0.25, 0.3) is 0 Å². The minimum atomic E-state index is 0.160. The maximum absolute atomic E-state index is 12.0. The molecule has 0 amide bonds. The molecular weight excluding hydrogens is 338 g/mol. The van der Waals surface area contributed by atoms with E-state index < -0.39 is 0 Å². The van der Waals surface area contributed by atoms with Gasteiger partial charge in [-0.3, -0.25) is 4.79 Å². The van der Waals surface area contributed by atoms with Crippen LogP contribution in [-0.2, 0) is 11.2 Å². The van der Waals surface area contributed by atoms with Gasteiger partial charge in [-0.25, -0.2) is 9.67 Å². The molecule has 0 radical (unpaired) electrons. The number of carbonyl (C=O) groups is 1. The van der Waals surface area contributed by atoms with E-state index in [0.29, 0.717) is 12.2 Å². The Balaban J connectivity index is 1.89. The largest absolute Gasteiger partial charge is 0.298 e. The fourth-order valence-electron chi connectivity index (χ4n) is 1.75. The quantitative estimate of drug-likeness (QED) is 0.745. The normalized spacial score (nSPS) is 11.0. The monoisotopic (exact) mass is 353 g/mol. The number of hydrogen-bond acceptors (Lipinski definition) is 4. The molecule has 106 valence electrons. The number of halogens is 1. The number of aromatic nitrogens is 3. The third-order valence-corrected chi connectivity index (χ3v) is 4.31. The van der Waals surface area contributed by atoms with Gasteiger partial charge >= 0.3 is 0 Å². The van der Waals surface area contributed by atoms with Crippen LogP contribution >= 0.6 is 27.7 Å². The van der Waals surface area contributed by atoms with Crippen molar-refractivity contribution in [2.45, 2.75) is 31.2 Å². The van der Waals surface area contributed by atoms with Crippen LogP contribution in [0, 0.1) is 0 Å². The summed E-state index contributed by atoms with van der Waals surface area (Å²) in [6.07, 6.45) is 1.84. The SMILES string of the molecule is CC(C)n1ncnc1CC(=O)CSc1ccc(Br)cc1. The molecule has 0 aliphatic rings. The lowest BCUT2D eigenvalue weighted by Crippen LogP contribution is -2.14. The van der Waals surface area contributed by atoms with Gasteiger partial charge in [0.1, 0.15) is 12.2 Å². The van der Waals surface area contributed by atoms with Crippen LogP contribution in [0.3, 0.4) is 0 Å². The zero-order chi connectivity index (χ0) is 14.5. The van der Waals surface area contributed by atoms with Gasteiger partial charge in [0.2, 0.25) is 0 Å². The topological polar surface area (TPSA) is 47.8 Å². The highest BCUT2D eigenvalue weighted by Gasteiger charge is 2.12. The molecule has 0 saturated carbocycles. The van der Waals surface area contributed by atoms with Crippen molar-refractivity contribution in [1.82, 2.24) is 14.8 Å². The molecule has 1 aromatic carbocycles. The van der Waals surface area contributed by atoms with Gasteiger partial charge in [-0.1, -0.05) is 15.9 Å². The molecule has 4 nitrogen and oxygen atoms in total. The molecule has 0 aliphatic heterocycles. The minimum Gasteiger partial charge on any atom is -0.298 e. The molecule has 2 aromatic rings. The van der Waals surface area contributed by atoms with Crippen LogP contribution in [-0.4, -0.2) is 26.3 Å². The fourth-order valence-corrected chi connectivity index (χ4v) is 2.78. The van der Waals surface area contributed by atoms with E-state index in [1.54, 1.807) is 16.4 Å². The first-order chi connectivity index (χ1) is 9.56. The molecule has 0 unspecified atom stereocenters. The van der Waals surface area contributed by atoms with Crippen molar-refractivity contribution in [1.29, 1.82) is 0 Å². The molecule has 0 N–H and O–H groups in total. The zero-order valence-electron chi connectivity index (χ0n) is 11.4. The third kappa shape index (κ3) is 4.18. The molecule has 1 aromatic heterocycles. The van der Waals surface area contributed by atoms with E-state index in [1.807, 2.05) is 38.1 Å². The highest BCUT2D eigenvalue weighted by Crippen LogP contribution is 2.21. The summed E-state index contributed by atoms with van der Waals surface area (Å²) in [5, 5.41) is 4.14. The van der Waals surface area contributed by atoms with Crippen LogP contribution < -0.4 is 0 Å². The molecule has 0 aliphatic carbocycles. The summed E-state index contributed by atoms with van der Waals surface area (Å²) < 4.78 is 2.83. The fraction of sp³-hybridized carbons (Fsp3) is 0.357. The van der Waals surface area contributed by atoms with Crippen molar-refractivity contribution in [3.05, 3.63) is 40.9 Å². The summed E-state index contributed by atoms with van der Waals surface area (Å²) in [7, 11) is 0. The number of benzene rings is 1. The number of nitrogens with zero attached hydrogens (tertiary/aromatic N) is 3. The summed E-state index contributed by atoms with van der Waals surface area (Å²) in [6.45, 7) is 4.05. The van der Waals surface area contributed by atoms with Gasteiger partial charge in [-0.2, -0.15) is 5.10 Å². The number of thioether (sulfide) groups is 1.